The third-order valence-corrected chi connectivity index (χ3v) is 7.87. The highest BCUT2D eigenvalue weighted by atomic mass is 35.5. The summed E-state index contributed by atoms with van der Waals surface area (Å²) in [6.45, 7) is 1.63. The number of pyridine rings is 1. The highest BCUT2D eigenvalue weighted by Crippen LogP contribution is 2.28. The van der Waals surface area contributed by atoms with E-state index in [0.29, 0.717) is 29.3 Å². The van der Waals surface area contributed by atoms with Crippen molar-refractivity contribution in [2.75, 3.05) is 33.0 Å². The maximum Gasteiger partial charge on any atom is 0.314 e. The van der Waals surface area contributed by atoms with Gasteiger partial charge in [0.25, 0.3) is 5.91 Å². The standard InChI is InChI=1S/C24H30ClN7O4S.ClH/c1-31(2)24(36)13-4-6-15(27-20(33)21(34)30-19-7-5-14(25)11-26-19)17(10-13)28-22(35)23-29-16-8-9-32(3)12-18(16)37-23;/h5,7,11,13,15,17H,4,6,8-10,12H2,1-3H3,(H,27,33)(H,28,35)(H,26,30,34);1H. The van der Waals surface area contributed by atoms with Crippen molar-refractivity contribution in [2.24, 2.45) is 5.92 Å². The zero-order chi connectivity index (χ0) is 26.7. The molecule has 3 N–H and O–H groups in total. The number of hydrogen-bond donors (Lipinski definition) is 3. The summed E-state index contributed by atoms with van der Waals surface area (Å²) in [5, 5.41) is 8.91. The van der Waals surface area contributed by atoms with E-state index in [1.54, 1.807) is 20.2 Å². The third-order valence-electron chi connectivity index (χ3n) is 6.56. The fourth-order valence-corrected chi connectivity index (χ4v) is 5.80. The van der Waals surface area contributed by atoms with E-state index in [-0.39, 0.29) is 36.0 Å². The summed E-state index contributed by atoms with van der Waals surface area (Å²) < 4.78 is 0. The Hall–Kier alpha value is -2.80. The van der Waals surface area contributed by atoms with Crippen LogP contribution >= 0.6 is 35.3 Å². The van der Waals surface area contributed by atoms with Gasteiger partial charge in [0.2, 0.25) is 5.91 Å². The Morgan fingerprint density at radius 1 is 1.11 bits per heavy atom. The summed E-state index contributed by atoms with van der Waals surface area (Å²) in [4.78, 5) is 64.3. The lowest BCUT2D eigenvalue weighted by Crippen LogP contribution is -2.57. The van der Waals surface area contributed by atoms with Crippen LogP contribution in [-0.2, 0) is 27.3 Å². The summed E-state index contributed by atoms with van der Waals surface area (Å²) in [5.74, 6) is -2.25. The van der Waals surface area contributed by atoms with Crippen molar-refractivity contribution < 1.29 is 19.2 Å². The van der Waals surface area contributed by atoms with Gasteiger partial charge < -0.3 is 25.8 Å². The molecule has 206 valence electrons. The molecule has 1 aliphatic heterocycles. The number of aromatic nitrogens is 2. The van der Waals surface area contributed by atoms with Crippen molar-refractivity contribution >= 4 is 64.8 Å². The van der Waals surface area contributed by atoms with Gasteiger partial charge in [0.05, 0.1) is 16.8 Å². The number of nitrogens with zero attached hydrogens (tertiary/aromatic N) is 4. The lowest BCUT2D eigenvalue weighted by molar-refractivity contribution is -0.137. The maximum absolute atomic E-state index is 13.2. The van der Waals surface area contributed by atoms with Crippen molar-refractivity contribution in [3.8, 4) is 0 Å². The molecule has 11 nitrogen and oxygen atoms in total. The predicted octanol–water partition coefficient (Wildman–Crippen LogP) is 1.71. The van der Waals surface area contributed by atoms with Gasteiger partial charge in [0.1, 0.15) is 5.82 Å². The molecule has 0 bridgehead atoms. The van der Waals surface area contributed by atoms with Crippen LogP contribution in [0.2, 0.25) is 5.02 Å². The van der Waals surface area contributed by atoms with Crippen LogP contribution in [0.1, 0.15) is 39.6 Å². The number of anilines is 1. The van der Waals surface area contributed by atoms with Crippen molar-refractivity contribution in [3.63, 3.8) is 0 Å². The van der Waals surface area contributed by atoms with Gasteiger partial charge in [-0.05, 0) is 38.4 Å². The molecule has 38 heavy (non-hydrogen) atoms. The molecule has 0 saturated heterocycles. The second-order valence-electron chi connectivity index (χ2n) is 9.60. The largest absolute Gasteiger partial charge is 0.349 e. The van der Waals surface area contributed by atoms with Crippen LogP contribution in [0.3, 0.4) is 0 Å². The molecule has 1 aliphatic carbocycles. The molecule has 0 aromatic carbocycles. The van der Waals surface area contributed by atoms with Gasteiger partial charge >= 0.3 is 11.8 Å². The summed E-state index contributed by atoms with van der Waals surface area (Å²) in [6, 6.07) is 1.95. The molecule has 2 aromatic rings. The number of thiazole rings is 1. The number of carbonyl (C=O) groups is 4. The van der Waals surface area contributed by atoms with E-state index < -0.39 is 23.9 Å². The number of likely N-dealkylation sites (N-methyl/N-ethyl adjacent to an activating group) is 1. The zero-order valence-electron chi connectivity index (χ0n) is 21.3. The van der Waals surface area contributed by atoms with Crippen LogP contribution in [0.5, 0.6) is 0 Å². The van der Waals surface area contributed by atoms with Crippen LogP contribution < -0.4 is 16.0 Å². The van der Waals surface area contributed by atoms with Crippen LogP contribution in [0.15, 0.2) is 18.3 Å². The smallest absolute Gasteiger partial charge is 0.314 e. The number of halogens is 2. The first kappa shape index (κ1) is 29.8. The molecule has 0 radical (unpaired) electrons. The number of rotatable bonds is 5. The van der Waals surface area contributed by atoms with Crippen molar-refractivity contribution in [2.45, 2.75) is 44.3 Å². The van der Waals surface area contributed by atoms with Crippen LogP contribution in [-0.4, -0.2) is 83.2 Å². The average Bonchev–Trinajstić information content (AvgIpc) is 3.29. The van der Waals surface area contributed by atoms with Crippen molar-refractivity contribution in [1.29, 1.82) is 0 Å². The minimum atomic E-state index is -0.886. The van der Waals surface area contributed by atoms with E-state index in [9.17, 15) is 19.2 Å². The molecule has 14 heteroatoms. The predicted molar refractivity (Wildman–Crippen MR) is 146 cm³/mol. The first-order chi connectivity index (χ1) is 17.6. The van der Waals surface area contributed by atoms with Crippen LogP contribution in [0.4, 0.5) is 5.82 Å². The van der Waals surface area contributed by atoms with Gasteiger partial charge in [-0.15, -0.1) is 23.7 Å². The van der Waals surface area contributed by atoms with Crippen LogP contribution in [0.25, 0.3) is 0 Å². The average molecular weight is 585 g/mol. The Kier molecular flexibility index (Phi) is 10.0. The summed E-state index contributed by atoms with van der Waals surface area (Å²) in [7, 11) is 5.41. The molecule has 4 rings (SSSR count). The fourth-order valence-electron chi connectivity index (χ4n) is 4.60. The normalized spacial score (nSPS) is 20.9. The SMILES string of the molecule is CN1CCc2nc(C(=O)NC3CC(C(=O)N(C)C)CCC3NC(=O)C(=O)Nc3ccc(Cl)cn3)sc2C1.Cl. The molecule has 4 amide bonds. The van der Waals surface area contributed by atoms with E-state index in [2.05, 4.69) is 30.8 Å². The molecule has 3 atom stereocenters. The highest BCUT2D eigenvalue weighted by Gasteiger charge is 2.37. The van der Waals surface area contributed by atoms with Gasteiger partial charge in [0.15, 0.2) is 5.01 Å². The molecule has 3 unspecified atom stereocenters. The van der Waals surface area contributed by atoms with E-state index >= 15 is 0 Å². The Bertz CT molecular complexity index is 1190. The Balaban J connectivity index is 0.00000400. The third kappa shape index (κ3) is 7.19. The van der Waals surface area contributed by atoms with E-state index in [1.807, 2.05) is 7.05 Å². The second-order valence-corrected chi connectivity index (χ2v) is 11.1. The van der Waals surface area contributed by atoms with Gasteiger partial charge in [-0.1, -0.05) is 11.6 Å². The van der Waals surface area contributed by atoms with E-state index in [1.165, 1.54) is 28.5 Å². The van der Waals surface area contributed by atoms with Gasteiger partial charge in [0, 0.05) is 56.6 Å². The number of carbonyl (C=O) groups excluding carboxylic acids is 4. The quantitative estimate of drug-likeness (QED) is 0.456. The Morgan fingerprint density at radius 3 is 2.55 bits per heavy atom. The minimum absolute atomic E-state index is 0. The minimum Gasteiger partial charge on any atom is -0.349 e. The van der Waals surface area contributed by atoms with Crippen LogP contribution in [0, 0.1) is 5.92 Å². The molecule has 3 heterocycles. The second kappa shape index (κ2) is 12.8. The Labute approximate surface area is 236 Å². The topological polar surface area (TPSA) is 137 Å². The molecule has 2 aliphatic rings. The molecular weight excluding hydrogens is 553 g/mol. The van der Waals surface area contributed by atoms with Gasteiger partial charge in [-0.2, -0.15) is 0 Å². The summed E-state index contributed by atoms with van der Waals surface area (Å²) in [5.41, 5.74) is 0.940. The lowest BCUT2D eigenvalue weighted by Gasteiger charge is -2.37. The van der Waals surface area contributed by atoms with E-state index in [4.69, 9.17) is 11.6 Å². The van der Waals surface area contributed by atoms with Gasteiger partial charge in [-0.25, -0.2) is 9.97 Å². The van der Waals surface area contributed by atoms with Crippen molar-refractivity contribution in [3.05, 3.63) is 38.9 Å². The van der Waals surface area contributed by atoms with Crippen molar-refractivity contribution in [1.82, 2.24) is 30.4 Å². The summed E-state index contributed by atoms with van der Waals surface area (Å²) in [6.07, 6.45) is 3.42. The number of amides is 4. The number of nitrogens with one attached hydrogen (secondary N) is 3. The lowest BCUT2D eigenvalue weighted by atomic mass is 9.81. The maximum atomic E-state index is 13.2. The first-order valence-electron chi connectivity index (χ1n) is 12.0. The summed E-state index contributed by atoms with van der Waals surface area (Å²) >= 11 is 7.17. The number of fused-ring (bicyclic) bond motifs is 1. The zero-order valence-corrected chi connectivity index (χ0v) is 23.7. The molecule has 0 spiro atoms. The molecule has 2 aromatic heterocycles. The molecular formula is C24H31Cl2N7O4S. The highest BCUT2D eigenvalue weighted by molar-refractivity contribution is 7.13. The van der Waals surface area contributed by atoms with Gasteiger partial charge in [-0.3, -0.25) is 19.2 Å². The molecule has 1 saturated carbocycles. The fraction of sp³-hybridized carbons (Fsp3) is 0.500. The molecule has 1 fully saturated rings. The number of hydrogen-bond acceptors (Lipinski definition) is 8. The first-order valence-corrected chi connectivity index (χ1v) is 13.2. The Morgan fingerprint density at radius 2 is 1.87 bits per heavy atom. The van der Waals surface area contributed by atoms with E-state index in [0.717, 1.165) is 30.1 Å². The monoisotopic (exact) mass is 583 g/mol.